The predicted octanol–water partition coefficient (Wildman–Crippen LogP) is 5.62. The van der Waals surface area contributed by atoms with E-state index >= 15 is 0 Å². The number of aliphatic hydroxyl groups excluding tert-OH is 1. The molecule has 1 aromatic carbocycles. The van der Waals surface area contributed by atoms with Crippen LogP contribution in [0.5, 0.6) is 0 Å². The second kappa shape index (κ2) is 22.2. The monoisotopic (exact) mass is 997 g/mol. The first-order valence-electron chi connectivity index (χ1n) is 24.7. The molecule has 4 amide bonds. The number of fused-ring (bicyclic) bond motifs is 1. The topological polar surface area (TPSA) is 225 Å². The normalized spacial score (nSPS) is 17.6. The van der Waals surface area contributed by atoms with Crippen LogP contribution in [0.25, 0.3) is 21.5 Å². The van der Waals surface area contributed by atoms with E-state index in [1.54, 1.807) is 40.1 Å². The van der Waals surface area contributed by atoms with E-state index in [2.05, 4.69) is 47.6 Å². The number of β-amino-alcohol motifs (C(OH)–C–C–N with tert-alkyl or cyclic N) is 1. The molecule has 8 rings (SSSR count). The number of carbonyl (C=O) groups excluding carboxylic acids is 5. The van der Waals surface area contributed by atoms with Gasteiger partial charge in [-0.3, -0.25) is 33.3 Å². The summed E-state index contributed by atoms with van der Waals surface area (Å²) in [4.78, 5) is 104. The molecule has 4 N–H and O–H groups in total. The molecule has 18 nitrogen and oxygen atoms in total. The Balaban J connectivity index is 0.782. The van der Waals surface area contributed by atoms with Crippen molar-refractivity contribution in [3.63, 3.8) is 0 Å². The summed E-state index contributed by atoms with van der Waals surface area (Å²) in [5.74, 6) is 4.72. The Morgan fingerprint density at radius 3 is 2.33 bits per heavy atom. The summed E-state index contributed by atoms with van der Waals surface area (Å²) < 4.78 is 1.68. The number of thiazole rings is 1. The number of aromatic nitrogens is 5. The number of hydrogen-bond acceptors (Lipinski definition) is 14. The Labute approximate surface area is 423 Å². The number of amides is 4. The molecular formula is C53H63N11O7S. The molecule has 6 heterocycles. The number of aryl methyl sites for hydroxylation is 2. The standard InChI is InChI=1S/C53H63N11O7S/c1-32-40-29-56-52(60-48(40)64(37-12-10-11-13-37)50(70)45(32)34(3)65)58-42-21-20-38(28-54-42)61-22-24-62(25-23-61)44(68)15-9-7-8-14-43(67)59-47(53(4,5)6)51(71)63-30-39(66)26-41(63)49(69)55-27-35-16-18-36(19-17-35)46-33(2)57-31-72-46/h16-21,28-29,31,37,39,41,47,66H,7-8,10-14,22-27,30H2,1-6H3,(H,55,69)(H,59,67)(H,54,56,58,60)/t39-,41+,47?/m1/s1. The minimum absolute atomic E-state index is 0.0214. The maximum Gasteiger partial charge on any atom is 0.298 e. The predicted molar refractivity (Wildman–Crippen MR) is 276 cm³/mol. The fraction of sp³-hybridized carbons (Fsp3) is 0.472. The Bertz CT molecular complexity index is 2960. The van der Waals surface area contributed by atoms with E-state index in [1.165, 1.54) is 11.8 Å². The fourth-order valence-electron chi connectivity index (χ4n) is 9.81. The van der Waals surface area contributed by atoms with Crippen LogP contribution in [0, 0.1) is 31.1 Å². The van der Waals surface area contributed by atoms with Gasteiger partial charge in [0.25, 0.3) is 11.5 Å². The van der Waals surface area contributed by atoms with Gasteiger partial charge >= 0.3 is 0 Å². The summed E-state index contributed by atoms with van der Waals surface area (Å²) in [6.45, 7) is 13.0. The fourth-order valence-corrected chi connectivity index (χ4v) is 10.6. The average Bonchev–Trinajstić information content (AvgIpc) is 4.14. The van der Waals surface area contributed by atoms with Crippen LogP contribution in [0.15, 0.2) is 59.1 Å². The molecular weight excluding hydrogens is 935 g/mol. The Hall–Kier alpha value is -7.04. The van der Waals surface area contributed by atoms with Crippen LogP contribution in [0.4, 0.5) is 17.5 Å². The number of Topliss-reactive ketones (excluding diaryl/α,β-unsaturated/α-hetero) is 1. The summed E-state index contributed by atoms with van der Waals surface area (Å²) in [5, 5.41) is 20.3. The van der Waals surface area contributed by atoms with E-state index in [0.717, 1.165) is 53.1 Å². The zero-order chi connectivity index (χ0) is 51.3. The van der Waals surface area contributed by atoms with Crippen LogP contribution in [0.3, 0.4) is 0 Å². The molecule has 0 spiro atoms. The van der Waals surface area contributed by atoms with Crippen molar-refractivity contribution < 1.29 is 29.1 Å². The number of piperazine rings is 1. The molecule has 3 fully saturated rings. The van der Waals surface area contributed by atoms with Gasteiger partial charge in [0.15, 0.2) is 5.78 Å². The van der Waals surface area contributed by atoms with E-state index in [0.29, 0.717) is 61.4 Å². The second-order valence-electron chi connectivity index (χ2n) is 20.0. The smallest absolute Gasteiger partial charge is 0.298 e. The largest absolute Gasteiger partial charge is 0.391 e. The zero-order valence-corrected chi connectivity index (χ0v) is 42.6. The van der Waals surface area contributed by atoms with Gasteiger partial charge in [0.2, 0.25) is 23.7 Å². The van der Waals surface area contributed by atoms with Gasteiger partial charge in [-0.25, -0.2) is 15.0 Å². The SMILES string of the molecule is CC(=O)c1c(C)c2cnc(Nc3ccc(N4CCN(C(=O)C#CCCCC(=O)NC(C(=O)N5C[C@H](O)C[C@H]5C(=O)NCc5ccc(-c6scnc6C)cc5)C(C)(C)C)CC4)cn3)nc2n(C2CCCC2)c1=O. The lowest BCUT2D eigenvalue weighted by molar-refractivity contribution is -0.144. The molecule has 5 aromatic rings. The minimum atomic E-state index is -0.951. The van der Waals surface area contributed by atoms with Crippen molar-refractivity contribution >= 4 is 69.2 Å². The number of anilines is 3. The van der Waals surface area contributed by atoms with Gasteiger partial charge in [-0.1, -0.05) is 63.8 Å². The van der Waals surface area contributed by atoms with Crippen LogP contribution in [-0.4, -0.2) is 120 Å². The number of pyridine rings is 2. The molecule has 3 atom stereocenters. The van der Waals surface area contributed by atoms with E-state index in [1.807, 2.05) is 69.6 Å². The van der Waals surface area contributed by atoms with Gasteiger partial charge in [0.05, 0.1) is 39.6 Å². The van der Waals surface area contributed by atoms with Crippen LogP contribution in [0.1, 0.15) is 112 Å². The van der Waals surface area contributed by atoms with Gasteiger partial charge in [0.1, 0.15) is 23.5 Å². The van der Waals surface area contributed by atoms with Crippen LogP contribution >= 0.6 is 11.3 Å². The number of likely N-dealkylation sites (tertiary alicyclic amines) is 1. The third-order valence-electron chi connectivity index (χ3n) is 13.8. The minimum Gasteiger partial charge on any atom is -0.391 e. The molecule has 378 valence electrons. The quantitative estimate of drug-likeness (QED) is 0.0603. The van der Waals surface area contributed by atoms with Crippen molar-refractivity contribution in [3.05, 3.63) is 87.0 Å². The van der Waals surface area contributed by atoms with Crippen molar-refractivity contribution in [1.82, 2.24) is 44.9 Å². The molecule has 19 heteroatoms. The van der Waals surface area contributed by atoms with Crippen LogP contribution < -0.4 is 26.4 Å². The number of carbonyl (C=O) groups is 5. The molecule has 72 heavy (non-hydrogen) atoms. The number of rotatable bonds is 14. The summed E-state index contributed by atoms with van der Waals surface area (Å²) in [6, 6.07) is 9.74. The molecule has 2 aliphatic heterocycles. The molecule has 0 bridgehead atoms. The number of hydrogen-bond donors (Lipinski definition) is 4. The number of benzene rings is 1. The van der Waals surface area contributed by atoms with Gasteiger partial charge < -0.3 is 35.8 Å². The highest BCUT2D eigenvalue weighted by molar-refractivity contribution is 7.13. The third kappa shape index (κ3) is 11.7. The summed E-state index contributed by atoms with van der Waals surface area (Å²) in [7, 11) is 0. The lowest BCUT2D eigenvalue weighted by Gasteiger charge is -2.35. The third-order valence-corrected chi connectivity index (χ3v) is 14.8. The lowest BCUT2D eigenvalue weighted by Crippen LogP contribution is -2.57. The molecule has 4 aromatic heterocycles. The van der Waals surface area contributed by atoms with E-state index in [4.69, 9.17) is 4.98 Å². The van der Waals surface area contributed by atoms with E-state index in [-0.39, 0.29) is 72.5 Å². The Morgan fingerprint density at radius 1 is 0.944 bits per heavy atom. The lowest BCUT2D eigenvalue weighted by atomic mass is 9.85. The number of unbranched alkanes of at least 4 members (excludes halogenated alkanes) is 1. The molecule has 3 aliphatic rings. The van der Waals surface area contributed by atoms with Gasteiger partial charge in [-0.05, 0) is 80.2 Å². The number of ketones is 1. The number of nitrogens with zero attached hydrogens (tertiary/aromatic N) is 8. The maximum atomic E-state index is 14.1. The Kier molecular flexibility index (Phi) is 15.8. The molecule has 1 aliphatic carbocycles. The van der Waals surface area contributed by atoms with Crippen molar-refractivity contribution in [2.75, 3.05) is 42.9 Å². The van der Waals surface area contributed by atoms with Gasteiger partial charge in [-0.15, -0.1) is 11.3 Å². The molecule has 1 unspecified atom stereocenters. The first-order valence-corrected chi connectivity index (χ1v) is 25.6. The number of nitrogens with one attached hydrogen (secondary N) is 3. The van der Waals surface area contributed by atoms with Crippen LogP contribution in [-0.2, 0) is 25.7 Å². The summed E-state index contributed by atoms with van der Waals surface area (Å²) in [6.07, 6.45) is 7.09. The van der Waals surface area contributed by atoms with Crippen LogP contribution in [0.2, 0.25) is 0 Å². The first-order chi connectivity index (χ1) is 34.5. The highest BCUT2D eigenvalue weighted by atomic mass is 32.1. The van der Waals surface area contributed by atoms with Gasteiger partial charge in [-0.2, -0.15) is 4.98 Å². The molecule has 0 radical (unpaired) electrons. The highest BCUT2D eigenvalue weighted by Gasteiger charge is 2.44. The zero-order valence-electron chi connectivity index (χ0n) is 41.8. The molecule has 2 saturated heterocycles. The highest BCUT2D eigenvalue weighted by Crippen LogP contribution is 2.33. The second-order valence-corrected chi connectivity index (χ2v) is 20.9. The summed E-state index contributed by atoms with van der Waals surface area (Å²) in [5.41, 5.74) is 5.84. The summed E-state index contributed by atoms with van der Waals surface area (Å²) >= 11 is 1.57. The first kappa shape index (κ1) is 51.3. The van der Waals surface area contributed by atoms with E-state index in [9.17, 15) is 33.9 Å². The molecule has 1 saturated carbocycles. The van der Waals surface area contributed by atoms with Gasteiger partial charge in [0, 0.05) is 76.2 Å². The van der Waals surface area contributed by atoms with Crippen molar-refractivity contribution in [1.29, 1.82) is 0 Å². The Morgan fingerprint density at radius 2 is 1.68 bits per heavy atom. The van der Waals surface area contributed by atoms with Crippen molar-refractivity contribution in [2.24, 2.45) is 5.41 Å². The van der Waals surface area contributed by atoms with E-state index < -0.39 is 29.5 Å². The maximum absolute atomic E-state index is 14.1. The van der Waals surface area contributed by atoms with Crippen molar-refractivity contribution in [2.45, 2.75) is 124 Å². The average molecular weight is 998 g/mol. The number of aliphatic hydroxyl groups is 1. The van der Waals surface area contributed by atoms with Crippen molar-refractivity contribution in [3.8, 4) is 22.3 Å².